The number of Topliss-reactive ketones (excluding diaryl/α,β-unsaturated/α-hetero) is 1. The van der Waals surface area contributed by atoms with Crippen LogP contribution in [0.5, 0.6) is 0 Å². The van der Waals surface area contributed by atoms with Gasteiger partial charge in [0.1, 0.15) is 0 Å². The van der Waals surface area contributed by atoms with E-state index in [-0.39, 0.29) is 24.1 Å². The van der Waals surface area contributed by atoms with E-state index in [1.54, 1.807) is 40.1 Å². The van der Waals surface area contributed by atoms with Gasteiger partial charge in [-0.15, -0.1) is 0 Å². The van der Waals surface area contributed by atoms with Gasteiger partial charge in [0.05, 0.1) is 23.8 Å². The Bertz CT molecular complexity index is 1220. The van der Waals surface area contributed by atoms with Gasteiger partial charge in [-0.05, 0) is 24.6 Å². The first-order valence-corrected chi connectivity index (χ1v) is 10.8. The average Bonchev–Trinajstić information content (AvgIpc) is 3.31. The Morgan fingerprint density at radius 3 is 2.45 bits per heavy atom. The Labute approximate surface area is 191 Å². The number of carbonyl (C=O) groups is 4. The SMILES string of the molecule is CCC1CN(C(=O)c2ccccc2)CCN1C(=O)C(=O)c1c[nH]c2c(C(=O)OC)cccc12. The molecule has 170 valence electrons. The van der Waals surface area contributed by atoms with Crippen molar-refractivity contribution in [2.45, 2.75) is 19.4 Å². The van der Waals surface area contributed by atoms with Gasteiger partial charge >= 0.3 is 5.97 Å². The standard InChI is InChI=1S/C25H25N3O5/c1-3-17-15-27(23(30)16-8-5-4-6-9-16)12-13-28(17)24(31)22(29)20-14-26-21-18(20)10-7-11-19(21)25(32)33-2/h4-11,14,17,26H,3,12-13,15H2,1-2H3. The monoisotopic (exact) mass is 447 g/mol. The van der Waals surface area contributed by atoms with Crippen LogP contribution in [0.1, 0.15) is 44.4 Å². The molecular formula is C25H25N3O5. The lowest BCUT2D eigenvalue weighted by Gasteiger charge is -2.40. The Morgan fingerprint density at radius 2 is 1.76 bits per heavy atom. The molecular weight excluding hydrogens is 422 g/mol. The van der Waals surface area contributed by atoms with E-state index in [9.17, 15) is 19.2 Å². The maximum Gasteiger partial charge on any atom is 0.339 e. The number of H-pyrrole nitrogens is 1. The number of para-hydroxylation sites is 1. The zero-order chi connectivity index (χ0) is 23.5. The summed E-state index contributed by atoms with van der Waals surface area (Å²) in [5.41, 5.74) is 1.55. The molecule has 4 rings (SSSR count). The van der Waals surface area contributed by atoms with Crippen molar-refractivity contribution in [3.05, 3.63) is 71.4 Å². The second-order valence-electron chi connectivity index (χ2n) is 7.93. The first-order valence-electron chi connectivity index (χ1n) is 10.8. The molecule has 8 nitrogen and oxygen atoms in total. The molecule has 2 amide bonds. The molecule has 1 atom stereocenters. The summed E-state index contributed by atoms with van der Waals surface area (Å²) in [4.78, 5) is 57.4. The zero-order valence-corrected chi connectivity index (χ0v) is 18.5. The van der Waals surface area contributed by atoms with Crippen LogP contribution >= 0.6 is 0 Å². The van der Waals surface area contributed by atoms with E-state index in [1.165, 1.54) is 13.3 Å². The lowest BCUT2D eigenvalue weighted by atomic mass is 10.0. The predicted octanol–water partition coefficient (Wildman–Crippen LogP) is 2.90. The van der Waals surface area contributed by atoms with Gasteiger partial charge in [-0.25, -0.2) is 4.79 Å². The smallest absolute Gasteiger partial charge is 0.339 e. The number of aromatic nitrogens is 1. The highest BCUT2D eigenvalue weighted by Crippen LogP contribution is 2.24. The first-order chi connectivity index (χ1) is 16.0. The lowest BCUT2D eigenvalue weighted by molar-refractivity contribution is -0.130. The van der Waals surface area contributed by atoms with Crippen LogP contribution in [-0.4, -0.2) is 71.1 Å². The van der Waals surface area contributed by atoms with Crippen LogP contribution in [0.3, 0.4) is 0 Å². The van der Waals surface area contributed by atoms with Gasteiger partial charge in [0.15, 0.2) is 0 Å². The van der Waals surface area contributed by atoms with Crippen LogP contribution in [0.25, 0.3) is 10.9 Å². The molecule has 1 aliphatic rings. The van der Waals surface area contributed by atoms with E-state index in [1.807, 2.05) is 25.1 Å². The number of nitrogens with zero attached hydrogens (tertiary/aromatic N) is 2. The number of benzene rings is 2. The minimum Gasteiger partial charge on any atom is -0.465 e. The van der Waals surface area contributed by atoms with Gasteiger partial charge in [0.25, 0.3) is 17.6 Å². The number of piperazine rings is 1. The molecule has 0 spiro atoms. The number of nitrogens with one attached hydrogen (secondary N) is 1. The van der Waals surface area contributed by atoms with E-state index in [4.69, 9.17) is 4.74 Å². The number of methoxy groups -OCH3 is 1. The first kappa shape index (κ1) is 22.3. The number of ether oxygens (including phenoxy) is 1. The zero-order valence-electron chi connectivity index (χ0n) is 18.5. The number of hydrogen-bond acceptors (Lipinski definition) is 5. The van der Waals surface area contributed by atoms with Gasteiger partial charge in [-0.1, -0.05) is 37.3 Å². The molecule has 8 heteroatoms. The number of fused-ring (bicyclic) bond motifs is 1. The maximum absolute atomic E-state index is 13.2. The second kappa shape index (κ2) is 9.28. The maximum atomic E-state index is 13.2. The summed E-state index contributed by atoms with van der Waals surface area (Å²) in [7, 11) is 1.28. The molecule has 1 aromatic heterocycles. The summed E-state index contributed by atoms with van der Waals surface area (Å²) in [6.07, 6.45) is 2.06. The fourth-order valence-electron chi connectivity index (χ4n) is 4.29. The van der Waals surface area contributed by atoms with Crippen molar-refractivity contribution in [2.24, 2.45) is 0 Å². The molecule has 2 heterocycles. The summed E-state index contributed by atoms with van der Waals surface area (Å²) < 4.78 is 4.80. The number of ketones is 1. The largest absolute Gasteiger partial charge is 0.465 e. The Balaban J connectivity index is 1.54. The van der Waals surface area contributed by atoms with E-state index in [0.29, 0.717) is 41.5 Å². The number of esters is 1. The number of amides is 2. The molecule has 0 radical (unpaired) electrons. The topological polar surface area (TPSA) is 99.8 Å². The summed E-state index contributed by atoms with van der Waals surface area (Å²) in [5.74, 6) is -1.87. The average molecular weight is 447 g/mol. The van der Waals surface area contributed by atoms with Crippen molar-refractivity contribution in [3.63, 3.8) is 0 Å². The van der Waals surface area contributed by atoms with Crippen LogP contribution in [0, 0.1) is 0 Å². The number of aromatic amines is 1. The van der Waals surface area contributed by atoms with Crippen LogP contribution < -0.4 is 0 Å². The minimum atomic E-state index is -0.649. The molecule has 1 saturated heterocycles. The summed E-state index contributed by atoms with van der Waals surface area (Å²) in [6.45, 7) is 2.92. The fourth-order valence-corrected chi connectivity index (χ4v) is 4.29. The van der Waals surface area contributed by atoms with Gasteiger partial charge in [-0.2, -0.15) is 0 Å². The molecule has 2 aromatic carbocycles. The third kappa shape index (κ3) is 4.11. The van der Waals surface area contributed by atoms with Crippen molar-refractivity contribution in [2.75, 3.05) is 26.7 Å². The van der Waals surface area contributed by atoms with Crippen LogP contribution in [0.4, 0.5) is 0 Å². The molecule has 1 unspecified atom stereocenters. The molecule has 1 N–H and O–H groups in total. The number of rotatable bonds is 5. The van der Waals surface area contributed by atoms with Crippen molar-refractivity contribution < 1.29 is 23.9 Å². The molecule has 0 bridgehead atoms. The molecule has 0 aliphatic carbocycles. The van der Waals surface area contributed by atoms with Crippen molar-refractivity contribution in [3.8, 4) is 0 Å². The second-order valence-corrected chi connectivity index (χ2v) is 7.93. The number of carbonyl (C=O) groups excluding carboxylic acids is 4. The minimum absolute atomic E-state index is 0.0838. The highest BCUT2D eigenvalue weighted by molar-refractivity contribution is 6.45. The Morgan fingerprint density at radius 1 is 1.00 bits per heavy atom. The lowest BCUT2D eigenvalue weighted by Crippen LogP contribution is -2.57. The summed E-state index contributed by atoms with van der Waals surface area (Å²) >= 11 is 0. The van der Waals surface area contributed by atoms with Crippen LogP contribution in [0.2, 0.25) is 0 Å². The summed E-state index contributed by atoms with van der Waals surface area (Å²) in [6, 6.07) is 13.7. The summed E-state index contributed by atoms with van der Waals surface area (Å²) in [5, 5.41) is 0.488. The Kier molecular flexibility index (Phi) is 6.26. The normalized spacial score (nSPS) is 16.0. The van der Waals surface area contributed by atoms with Crippen LogP contribution in [-0.2, 0) is 9.53 Å². The quantitative estimate of drug-likeness (QED) is 0.368. The van der Waals surface area contributed by atoms with Crippen molar-refractivity contribution in [1.29, 1.82) is 0 Å². The van der Waals surface area contributed by atoms with E-state index < -0.39 is 17.7 Å². The van der Waals surface area contributed by atoms with E-state index >= 15 is 0 Å². The van der Waals surface area contributed by atoms with Crippen molar-refractivity contribution >= 4 is 34.5 Å². The fraction of sp³-hybridized carbons (Fsp3) is 0.280. The molecule has 33 heavy (non-hydrogen) atoms. The molecule has 0 saturated carbocycles. The highest BCUT2D eigenvalue weighted by atomic mass is 16.5. The van der Waals surface area contributed by atoms with Gasteiger partial charge < -0.3 is 19.5 Å². The molecule has 1 aliphatic heterocycles. The third-order valence-electron chi connectivity index (χ3n) is 6.08. The molecule has 1 fully saturated rings. The molecule has 3 aromatic rings. The predicted molar refractivity (Wildman–Crippen MR) is 122 cm³/mol. The van der Waals surface area contributed by atoms with Crippen LogP contribution in [0.15, 0.2) is 54.7 Å². The highest BCUT2D eigenvalue weighted by Gasteiger charge is 2.35. The Hall–Kier alpha value is -3.94. The van der Waals surface area contributed by atoms with Crippen molar-refractivity contribution in [1.82, 2.24) is 14.8 Å². The third-order valence-corrected chi connectivity index (χ3v) is 6.08. The number of hydrogen-bond donors (Lipinski definition) is 1. The van der Waals surface area contributed by atoms with Gasteiger partial charge in [0.2, 0.25) is 0 Å². The van der Waals surface area contributed by atoms with Gasteiger partial charge in [-0.3, -0.25) is 14.4 Å². The van der Waals surface area contributed by atoms with Gasteiger partial charge in [0, 0.05) is 42.8 Å². The van der Waals surface area contributed by atoms with E-state index in [2.05, 4.69) is 4.98 Å². The van der Waals surface area contributed by atoms with E-state index in [0.717, 1.165) is 0 Å².